The van der Waals surface area contributed by atoms with Gasteiger partial charge < -0.3 is 4.57 Å². The van der Waals surface area contributed by atoms with Crippen LogP contribution in [-0.4, -0.2) is 46.1 Å². The van der Waals surface area contributed by atoms with E-state index >= 15 is 0 Å². The van der Waals surface area contributed by atoms with E-state index in [4.69, 9.17) is 11.6 Å². The highest BCUT2D eigenvalue weighted by Gasteiger charge is 2.32. The normalized spacial score (nSPS) is 22.2. The standard InChI is InChI=1S/C12H17ClN2O3S2/c13-8-11-7-12(9-15(11)10-1-2-10)20(17,18)14-3-5-19(16)6-4-14/h7,9-10H,1-6,8H2. The first-order valence-corrected chi connectivity index (χ1v) is 10.1. The lowest BCUT2D eigenvalue weighted by Gasteiger charge is -2.24. The van der Waals surface area contributed by atoms with Gasteiger partial charge in [-0.25, -0.2) is 8.42 Å². The quantitative estimate of drug-likeness (QED) is 0.779. The maximum absolute atomic E-state index is 12.6. The molecule has 5 nitrogen and oxygen atoms in total. The lowest BCUT2D eigenvalue weighted by Crippen LogP contribution is -2.41. The molecule has 2 aliphatic rings. The number of rotatable bonds is 4. The molecular formula is C12H17ClN2O3S2. The van der Waals surface area contributed by atoms with Gasteiger partial charge in [0, 0.05) is 53.3 Å². The first-order chi connectivity index (χ1) is 9.52. The maximum atomic E-state index is 12.6. The molecule has 20 heavy (non-hydrogen) atoms. The number of halogens is 1. The van der Waals surface area contributed by atoms with Gasteiger partial charge in [-0.2, -0.15) is 4.31 Å². The van der Waals surface area contributed by atoms with Crippen LogP contribution < -0.4 is 0 Å². The molecule has 0 aromatic carbocycles. The van der Waals surface area contributed by atoms with Crippen LogP contribution in [0.15, 0.2) is 17.2 Å². The maximum Gasteiger partial charge on any atom is 0.244 e. The molecule has 0 unspecified atom stereocenters. The zero-order valence-corrected chi connectivity index (χ0v) is 13.4. The van der Waals surface area contributed by atoms with E-state index in [0.29, 0.717) is 41.4 Å². The van der Waals surface area contributed by atoms with E-state index in [-0.39, 0.29) is 0 Å². The van der Waals surface area contributed by atoms with E-state index in [1.807, 2.05) is 4.57 Å². The molecule has 1 aromatic heterocycles. The highest BCUT2D eigenvalue weighted by Crippen LogP contribution is 2.38. The molecule has 0 N–H and O–H groups in total. The van der Waals surface area contributed by atoms with Gasteiger partial charge >= 0.3 is 0 Å². The average Bonchev–Trinajstić information content (AvgIpc) is 3.18. The minimum absolute atomic E-state index is 0.313. The summed E-state index contributed by atoms with van der Waals surface area (Å²) in [5.74, 6) is 1.16. The Kier molecular flexibility index (Phi) is 3.96. The van der Waals surface area contributed by atoms with Crippen molar-refractivity contribution in [3.63, 3.8) is 0 Å². The molecule has 1 aromatic rings. The van der Waals surface area contributed by atoms with Crippen LogP contribution in [0.3, 0.4) is 0 Å². The largest absolute Gasteiger partial charge is 0.346 e. The fourth-order valence-corrected chi connectivity index (χ4v) is 5.44. The summed E-state index contributed by atoms with van der Waals surface area (Å²) >= 11 is 5.90. The second kappa shape index (κ2) is 5.44. The minimum atomic E-state index is -3.48. The zero-order valence-electron chi connectivity index (χ0n) is 11.0. The van der Waals surface area contributed by atoms with Crippen molar-refractivity contribution in [2.75, 3.05) is 24.6 Å². The Labute approximate surface area is 126 Å². The summed E-state index contributed by atoms with van der Waals surface area (Å²) < 4.78 is 39.9. The molecule has 0 radical (unpaired) electrons. The SMILES string of the molecule is O=S1CCN(S(=O)(=O)c2cc(CCl)n(C3CC3)c2)CC1. The molecule has 0 bridgehead atoms. The van der Waals surface area contributed by atoms with Gasteiger partial charge in [0.05, 0.1) is 5.88 Å². The van der Waals surface area contributed by atoms with Crippen LogP contribution >= 0.6 is 11.6 Å². The zero-order chi connectivity index (χ0) is 14.3. The Bertz CT molecular complexity index is 627. The molecule has 0 atom stereocenters. The number of hydrogen-bond donors (Lipinski definition) is 0. The molecule has 2 fully saturated rings. The van der Waals surface area contributed by atoms with Gasteiger partial charge in [-0.05, 0) is 18.9 Å². The molecule has 0 spiro atoms. The number of alkyl halides is 1. The minimum Gasteiger partial charge on any atom is -0.346 e. The third-order valence-corrected chi connectivity index (χ3v) is 7.17. The summed E-state index contributed by atoms with van der Waals surface area (Å²) in [6.45, 7) is 0.666. The molecule has 8 heteroatoms. The molecule has 0 amide bonds. The Morgan fingerprint density at radius 3 is 2.50 bits per heavy atom. The van der Waals surface area contributed by atoms with E-state index in [2.05, 4.69) is 0 Å². The number of sulfonamides is 1. The van der Waals surface area contributed by atoms with Crippen LogP contribution in [-0.2, 0) is 26.7 Å². The molecule has 1 aliphatic carbocycles. The summed E-state index contributed by atoms with van der Waals surface area (Å²) in [5, 5.41) is 0. The third kappa shape index (κ3) is 2.68. The van der Waals surface area contributed by atoms with Crippen LogP contribution in [0.4, 0.5) is 0 Å². The highest BCUT2D eigenvalue weighted by atomic mass is 35.5. The van der Waals surface area contributed by atoms with Crippen LogP contribution in [0.5, 0.6) is 0 Å². The Balaban J connectivity index is 1.89. The highest BCUT2D eigenvalue weighted by molar-refractivity contribution is 7.89. The molecule has 112 valence electrons. The van der Waals surface area contributed by atoms with Gasteiger partial charge in [-0.3, -0.25) is 4.21 Å². The second-order valence-electron chi connectivity index (χ2n) is 5.19. The third-order valence-electron chi connectivity index (χ3n) is 3.76. The van der Waals surface area contributed by atoms with Gasteiger partial charge in [0.1, 0.15) is 4.90 Å². The van der Waals surface area contributed by atoms with E-state index in [0.717, 1.165) is 18.5 Å². The van der Waals surface area contributed by atoms with Crippen molar-refractivity contribution >= 4 is 32.4 Å². The molecule has 1 saturated carbocycles. The number of nitrogens with zero attached hydrogens (tertiary/aromatic N) is 2. The topological polar surface area (TPSA) is 59.4 Å². The van der Waals surface area contributed by atoms with Gasteiger partial charge in [-0.15, -0.1) is 11.6 Å². The van der Waals surface area contributed by atoms with Crippen molar-refractivity contribution in [3.8, 4) is 0 Å². The second-order valence-corrected chi connectivity index (χ2v) is 9.09. The first-order valence-electron chi connectivity index (χ1n) is 6.64. The Morgan fingerprint density at radius 2 is 1.95 bits per heavy atom. The summed E-state index contributed by atoms with van der Waals surface area (Å²) in [4.78, 5) is 0.313. The van der Waals surface area contributed by atoms with Crippen molar-refractivity contribution < 1.29 is 12.6 Å². The average molecular weight is 337 g/mol. The molecule has 3 rings (SSSR count). The number of hydrogen-bond acceptors (Lipinski definition) is 3. The molecular weight excluding hydrogens is 320 g/mol. The molecule has 1 aliphatic heterocycles. The van der Waals surface area contributed by atoms with Crippen LogP contribution in [0.1, 0.15) is 24.6 Å². The van der Waals surface area contributed by atoms with Crippen molar-refractivity contribution in [1.29, 1.82) is 0 Å². The van der Waals surface area contributed by atoms with Gasteiger partial charge in [0.15, 0.2) is 0 Å². The van der Waals surface area contributed by atoms with Crippen molar-refractivity contribution in [2.45, 2.75) is 29.7 Å². The fraction of sp³-hybridized carbons (Fsp3) is 0.667. The lowest BCUT2D eigenvalue weighted by molar-refractivity contribution is 0.438. The van der Waals surface area contributed by atoms with E-state index in [1.54, 1.807) is 12.3 Å². The summed E-state index contributed by atoms with van der Waals surface area (Å²) in [7, 11) is -4.37. The summed E-state index contributed by atoms with van der Waals surface area (Å²) in [5.41, 5.74) is 0.855. The van der Waals surface area contributed by atoms with E-state index in [9.17, 15) is 12.6 Å². The van der Waals surface area contributed by atoms with Gasteiger partial charge in [0.25, 0.3) is 0 Å². The van der Waals surface area contributed by atoms with Gasteiger partial charge in [-0.1, -0.05) is 0 Å². The molecule has 1 saturated heterocycles. The smallest absolute Gasteiger partial charge is 0.244 e. The van der Waals surface area contributed by atoms with E-state index in [1.165, 1.54) is 4.31 Å². The lowest BCUT2D eigenvalue weighted by atomic mass is 10.5. The van der Waals surface area contributed by atoms with Crippen molar-refractivity contribution in [1.82, 2.24) is 8.87 Å². The number of aromatic nitrogens is 1. The predicted octanol–water partition coefficient (Wildman–Crippen LogP) is 1.31. The van der Waals surface area contributed by atoms with Crippen molar-refractivity contribution in [3.05, 3.63) is 18.0 Å². The summed E-state index contributed by atoms with van der Waals surface area (Å²) in [6.07, 6.45) is 3.87. The van der Waals surface area contributed by atoms with Crippen LogP contribution in [0, 0.1) is 0 Å². The Morgan fingerprint density at radius 1 is 1.30 bits per heavy atom. The monoisotopic (exact) mass is 336 g/mol. The predicted molar refractivity (Wildman–Crippen MR) is 78.9 cm³/mol. The Hall–Kier alpha value is -0.370. The van der Waals surface area contributed by atoms with Gasteiger partial charge in [0.2, 0.25) is 10.0 Å². The van der Waals surface area contributed by atoms with Crippen LogP contribution in [0.25, 0.3) is 0 Å². The van der Waals surface area contributed by atoms with Crippen LogP contribution in [0.2, 0.25) is 0 Å². The first kappa shape index (κ1) is 14.6. The van der Waals surface area contributed by atoms with E-state index < -0.39 is 20.8 Å². The fourth-order valence-electron chi connectivity index (χ4n) is 2.45. The summed E-state index contributed by atoms with van der Waals surface area (Å²) in [6, 6.07) is 2.08. The molecule has 2 heterocycles. The van der Waals surface area contributed by atoms with Crippen molar-refractivity contribution in [2.24, 2.45) is 0 Å².